The maximum atomic E-state index is 13.2. The molecule has 0 heterocycles. The first-order chi connectivity index (χ1) is 17.5. The van der Waals surface area contributed by atoms with E-state index in [0.717, 1.165) is 42.1 Å². The maximum Gasteiger partial charge on any atom is 0.335 e. The zero-order valence-corrected chi connectivity index (χ0v) is 21.4. The summed E-state index contributed by atoms with van der Waals surface area (Å²) in [4.78, 5) is 24.3. The van der Waals surface area contributed by atoms with Gasteiger partial charge in [0.1, 0.15) is 5.75 Å². The first kappa shape index (κ1) is 24.9. The van der Waals surface area contributed by atoms with E-state index in [2.05, 4.69) is 18.3 Å². The zero-order valence-electron chi connectivity index (χ0n) is 21.4. The molecule has 2 aromatic rings. The molecule has 4 fully saturated rings. The summed E-state index contributed by atoms with van der Waals surface area (Å²) in [6.45, 7) is 3.32. The Balaban J connectivity index is 1.34. The highest BCUT2D eigenvalue weighted by atomic mass is 16.5. The summed E-state index contributed by atoms with van der Waals surface area (Å²) in [6.07, 6.45) is 12.5. The molecule has 4 bridgehead atoms. The minimum atomic E-state index is -0.949. The molecule has 0 aromatic heterocycles. The molecule has 0 aliphatic heterocycles. The molecule has 2 aromatic carbocycles. The summed E-state index contributed by atoms with van der Waals surface area (Å²) < 4.78 is 6.39. The normalized spacial score (nSPS) is 26.1. The van der Waals surface area contributed by atoms with E-state index in [-0.39, 0.29) is 16.9 Å². The fourth-order valence-corrected chi connectivity index (χ4v) is 7.41. The Hall–Kier alpha value is -2.82. The average Bonchev–Trinajstić information content (AvgIpc) is 2.86. The molecule has 192 valence electrons. The van der Waals surface area contributed by atoms with Gasteiger partial charge in [0.05, 0.1) is 12.2 Å². The molecule has 4 saturated carbocycles. The van der Waals surface area contributed by atoms with Crippen LogP contribution in [0.5, 0.6) is 5.75 Å². The predicted octanol–water partition coefficient (Wildman–Crippen LogP) is 6.74. The minimum absolute atomic E-state index is 0.0993. The van der Waals surface area contributed by atoms with Crippen LogP contribution in [0.4, 0.5) is 0 Å². The summed E-state index contributed by atoms with van der Waals surface area (Å²) >= 11 is 0. The van der Waals surface area contributed by atoms with Gasteiger partial charge < -0.3 is 15.2 Å². The molecule has 0 atom stereocenters. The van der Waals surface area contributed by atoms with Crippen LogP contribution in [0.3, 0.4) is 0 Å². The van der Waals surface area contributed by atoms with Gasteiger partial charge in [-0.05, 0) is 104 Å². The summed E-state index contributed by atoms with van der Waals surface area (Å²) in [7, 11) is 0. The number of carbonyl (C=O) groups excluding carboxylic acids is 1. The van der Waals surface area contributed by atoms with Gasteiger partial charge in [0.15, 0.2) is 0 Å². The number of amides is 1. The van der Waals surface area contributed by atoms with Gasteiger partial charge in [-0.3, -0.25) is 4.79 Å². The molecule has 2 N–H and O–H groups in total. The van der Waals surface area contributed by atoms with Gasteiger partial charge in [0.25, 0.3) is 5.91 Å². The molecule has 5 nitrogen and oxygen atoms in total. The van der Waals surface area contributed by atoms with Crippen LogP contribution in [0.2, 0.25) is 0 Å². The molecule has 0 unspecified atom stereocenters. The van der Waals surface area contributed by atoms with Gasteiger partial charge in [-0.25, -0.2) is 4.79 Å². The number of benzene rings is 2. The van der Waals surface area contributed by atoms with Gasteiger partial charge in [0, 0.05) is 17.7 Å². The summed E-state index contributed by atoms with van der Waals surface area (Å²) in [5.74, 6) is 2.39. The van der Waals surface area contributed by atoms with Crippen LogP contribution in [0.1, 0.15) is 103 Å². The summed E-state index contributed by atoms with van der Waals surface area (Å²) in [6, 6.07) is 12.7. The van der Waals surface area contributed by atoms with Gasteiger partial charge in [-0.1, -0.05) is 38.3 Å². The maximum absolute atomic E-state index is 13.2. The van der Waals surface area contributed by atoms with Gasteiger partial charge in [-0.15, -0.1) is 0 Å². The van der Waals surface area contributed by atoms with Gasteiger partial charge >= 0.3 is 5.97 Å². The molecular formula is C31H39NO4. The Bertz CT molecular complexity index is 1050. The third-order valence-electron chi connectivity index (χ3n) is 8.76. The van der Waals surface area contributed by atoms with E-state index in [0.29, 0.717) is 12.1 Å². The zero-order chi connectivity index (χ0) is 25.1. The fraction of sp³-hybridized carbons (Fsp3) is 0.548. The topological polar surface area (TPSA) is 75.6 Å². The molecule has 0 radical (unpaired) electrons. The lowest BCUT2D eigenvalue weighted by molar-refractivity contribution is -0.00642. The van der Waals surface area contributed by atoms with E-state index in [1.165, 1.54) is 63.4 Å². The second-order valence-electron chi connectivity index (χ2n) is 11.5. The first-order valence-corrected chi connectivity index (χ1v) is 13.8. The Labute approximate surface area is 214 Å². The number of unbranched alkanes of at least 4 members (excludes halogenated alkanes) is 3. The highest BCUT2D eigenvalue weighted by molar-refractivity contribution is 5.94. The second-order valence-corrected chi connectivity index (χ2v) is 11.5. The quantitative estimate of drug-likeness (QED) is 0.343. The molecule has 0 saturated heterocycles. The van der Waals surface area contributed by atoms with Crippen LogP contribution in [-0.4, -0.2) is 23.6 Å². The van der Waals surface area contributed by atoms with Gasteiger partial charge in [0.2, 0.25) is 0 Å². The van der Waals surface area contributed by atoms with E-state index in [1.54, 1.807) is 24.3 Å². The summed E-state index contributed by atoms with van der Waals surface area (Å²) in [5, 5.41) is 12.1. The van der Waals surface area contributed by atoms with Crippen LogP contribution in [0.25, 0.3) is 0 Å². The lowest BCUT2D eigenvalue weighted by atomic mass is 9.48. The highest BCUT2D eigenvalue weighted by Crippen LogP contribution is 2.62. The Morgan fingerprint density at radius 1 is 0.917 bits per heavy atom. The molecule has 0 spiro atoms. The van der Waals surface area contributed by atoms with E-state index in [1.807, 2.05) is 12.1 Å². The number of rotatable bonds is 11. The monoisotopic (exact) mass is 489 g/mol. The van der Waals surface area contributed by atoms with E-state index >= 15 is 0 Å². The first-order valence-electron chi connectivity index (χ1n) is 13.8. The number of carbonyl (C=O) groups is 2. The van der Waals surface area contributed by atoms with Crippen LogP contribution in [0, 0.1) is 17.8 Å². The molecule has 4 aliphatic carbocycles. The van der Waals surface area contributed by atoms with Crippen molar-refractivity contribution >= 4 is 11.9 Å². The highest BCUT2D eigenvalue weighted by Gasteiger charge is 2.52. The van der Waals surface area contributed by atoms with E-state index in [4.69, 9.17) is 9.84 Å². The lowest BCUT2D eigenvalue weighted by Gasteiger charge is -2.57. The van der Waals surface area contributed by atoms with Crippen molar-refractivity contribution in [3.8, 4) is 5.75 Å². The molecule has 36 heavy (non-hydrogen) atoms. The van der Waals surface area contributed by atoms with Crippen molar-refractivity contribution in [2.24, 2.45) is 17.8 Å². The average molecular weight is 490 g/mol. The van der Waals surface area contributed by atoms with Crippen molar-refractivity contribution < 1.29 is 19.4 Å². The smallest absolute Gasteiger partial charge is 0.335 e. The van der Waals surface area contributed by atoms with Crippen molar-refractivity contribution in [1.29, 1.82) is 0 Å². The fourth-order valence-electron chi connectivity index (χ4n) is 7.41. The number of carboxylic acid groups (broad SMARTS) is 1. The molecule has 1 amide bonds. The minimum Gasteiger partial charge on any atom is -0.493 e. The number of hydrogen-bond donors (Lipinski definition) is 2. The second kappa shape index (κ2) is 10.7. The molecule has 5 heteroatoms. The standard InChI is InChI=1S/C31H39NO4/c1-2-3-4-5-12-36-28-11-10-26(29(33)32-20-21-6-8-25(9-7-21)30(34)35)16-27(28)31-17-22-13-23(18-31)15-24(14-22)19-31/h6-11,16,22-24H,2-5,12-15,17-20H2,1H3,(H,32,33)(H,34,35). The Morgan fingerprint density at radius 3 is 2.17 bits per heavy atom. The van der Waals surface area contributed by atoms with Crippen molar-refractivity contribution in [3.63, 3.8) is 0 Å². The number of nitrogens with one attached hydrogen (secondary N) is 1. The molecule has 4 aliphatic rings. The van der Waals surface area contributed by atoms with Crippen molar-refractivity contribution in [1.82, 2.24) is 5.32 Å². The number of carboxylic acids is 1. The van der Waals surface area contributed by atoms with Crippen LogP contribution >= 0.6 is 0 Å². The molecule has 6 rings (SSSR count). The van der Waals surface area contributed by atoms with E-state index < -0.39 is 5.97 Å². The lowest BCUT2D eigenvalue weighted by Crippen LogP contribution is -2.48. The Kier molecular flexibility index (Phi) is 7.36. The number of aromatic carboxylic acids is 1. The summed E-state index contributed by atoms with van der Waals surface area (Å²) in [5.41, 5.74) is 3.21. The van der Waals surface area contributed by atoms with Crippen molar-refractivity contribution in [2.45, 2.75) is 83.1 Å². The van der Waals surface area contributed by atoms with Crippen LogP contribution < -0.4 is 10.1 Å². The molecular weight excluding hydrogens is 450 g/mol. The predicted molar refractivity (Wildman–Crippen MR) is 141 cm³/mol. The largest absolute Gasteiger partial charge is 0.493 e. The van der Waals surface area contributed by atoms with Crippen molar-refractivity contribution in [2.75, 3.05) is 6.61 Å². The van der Waals surface area contributed by atoms with Crippen LogP contribution in [-0.2, 0) is 12.0 Å². The van der Waals surface area contributed by atoms with Crippen molar-refractivity contribution in [3.05, 3.63) is 64.7 Å². The SMILES string of the molecule is CCCCCCOc1ccc(C(=O)NCc2ccc(C(=O)O)cc2)cc1C12CC3CC(CC(C3)C1)C2. The third-order valence-corrected chi connectivity index (χ3v) is 8.76. The van der Waals surface area contributed by atoms with Gasteiger partial charge in [-0.2, -0.15) is 0 Å². The third kappa shape index (κ3) is 5.30. The number of ether oxygens (including phenoxy) is 1. The Morgan fingerprint density at radius 2 is 1.56 bits per heavy atom. The van der Waals surface area contributed by atoms with E-state index in [9.17, 15) is 9.59 Å². The number of hydrogen-bond acceptors (Lipinski definition) is 3. The van der Waals surface area contributed by atoms with Crippen LogP contribution in [0.15, 0.2) is 42.5 Å².